The van der Waals surface area contributed by atoms with Crippen LogP contribution in [0.15, 0.2) is 48.5 Å². The van der Waals surface area contributed by atoms with Gasteiger partial charge in [0.05, 0.1) is 12.6 Å². The van der Waals surface area contributed by atoms with E-state index in [0.29, 0.717) is 0 Å². The van der Waals surface area contributed by atoms with Crippen molar-refractivity contribution in [1.29, 1.82) is 0 Å². The summed E-state index contributed by atoms with van der Waals surface area (Å²) in [5, 5.41) is 0. The molecule has 0 amide bonds. The van der Waals surface area contributed by atoms with Gasteiger partial charge in [-0.2, -0.15) is 0 Å². The minimum atomic E-state index is -0.0826. The molecule has 0 aromatic heterocycles. The van der Waals surface area contributed by atoms with Crippen LogP contribution in [0.2, 0.25) is 0 Å². The molecule has 0 aliphatic carbocycles. The van der Waals surface area contributed by atoms with Gasteiger partial charge in [0, 0.05) is 0 Å². The van der Waals surface area contributed by atoms with Gasteiger partial charge in [0.1, 0.15) is 5.75 Å². The van der Waals surface area contributed by atoms with E-state index in [9.17, 15) is 0 Å². The summed E-state index contributed by atoms with van der Waals surface area (Å²) in [5.74, 6) is 0.904. The van der Waals surface area contributed by atoms with E-state index in [4.69, 9.17) is 10.5 Å². The fourth-order valence-electron chi connectivity index (χ4n) is 1.96. The molecule has 2 aromatic rings. The average Bonchev–Trinajstić information content (AvgIpc) is 2.46. The Morgan fingerprint density at radius 2 is 1.47 bits per heavy atom. The molecular formula is C17H21NO. The minimum Gasteiger partial charge on any atom is -0.494 e. The fraction of sp³-hybridized carbons (Fsp3) is 0.294. The summed E-state index contributed by atoms with van der Waals surface area (Å²) in [7, 11) is 0. The SMILES string of the molecule is CCCOc1ccc(C(N)c2ccc(C)cc2)cc1. The lowest BCUT2D eigenvalue weighted by atomic mass is 9.99. The zero-order chi connectivity index (χ0) is 13.7. The second kappa shape index (κ2) is 6.39. The van der Waals surface area contributed by atoms with Gasteiger partial charge in [-0.05, 0) is 36.6 Å². The summed E-state index contributed by atoms with van der Waals surface area (Å²) in [6, 6.07) is 16.3. The van der Waals surface area contributed by atoms with Gasteiger partial charge >= 0.3 is 0 Å². The molecule has 2 heteroatoms. The molecule has 0 aliphatic rings. The number of ether oxygens (including phenoxy) is 1. The minimum absolute atomic E-state index is 0.0826. The van der Waals surface area contributed by atoms with E-state index in [0.717, 1.165) is 29.9 Å². The third kappa shape index (κ3) is 3.58. The number of benzene rings is 2. The van der Waals surface area contributed by atoms with Gasteiger partial charge < -0.3 is 10.5 Å². The third-order valence-electron chi connectivity index (χ3n) is 3.15. The monoisotopic (exact) mass is 255 g/mol. The predicted molar refractivity (Wildman–Crippen MR) is 79.4 cm³/mol. The Morgan fingerprint density at radius 1 is 0.947 bits per heavy atom. The van der Waals surface area contributed by atoms with Crippen LogP contribution in [0.25, 0.3) is 0 Å². The molecule has 0 saturated heterocycles. The summed E-state index contributed by atoms with van der Waals surface area (Å²) in [4.78, 5) is 0. The molecule has 2 aromatic carbocycles. The number of nitrogens with two attached hydrogens (primary N) is 1. The van der Waals surface area contributed by atoms with Gasteiger partial charge in [0.2, 0.25) is 0 Å². The Balaban J connectivity index is 2.10. The zero-order valence-corrected chi connectivity index (χ0v) is 11.6. The van der Waals surface area contributed by atoms with Crippen molar-refractivity contribution in [1.82, 2.24) is 0 Å². The highest BCUT2D eigenvalue weighted by atomic mass is 16.5. The van der Waals surface area contributed by atoms with Crippen molar-refractivity contribution in [2.75, 3.05) is 6.61 Å². The highest BCUT2D eigenvalue weighted by Gasteiger charge is 2.08. The van der Waals surface area contributed by atoms with Gasteiger partial charge in [0.25, 0.3) is 0 Å². The molecule has 0 aliphatic heterocycles. The molecule has 0 spiro atoms. The van der Waals surface area contributed by atoms with Crippen molar-refractivity contribution in [3.63, 3.8) is 0 Å². The molecule has 2 N–H and O–H groups in total. The van der Waals surface area contributed by atoms with Crippen LogP contribution in [-0.2, 0) is 0 Å². The summed E-state index contributed by atoms with van der Waals surface area (Å²) >= 11 is 0. The molecule has 100 valence electrons. The normalized spacial score (nSPS) is 12.2. The number of hydrogen-bond donors (Lipinski definition) is 1. The highest BCUT2D eigenvalue weighted by molar-refractivity contribution is 5.35. The third-order valence-corrected chi connectivity index (χ3v) is 3.15. The second-order valence-corrected chi connectivity index (χ2v) is 4.81. The first-order valence-corrected chi connectivity index (χ1v) is 6.75. The first kappa shape index (κ1) is 13.6. The lowest BCUT2D eigenvalue weighted by Gasteiger charge is -2.13. The average molecular weight is 255 g/mol. The summed E-state index contributed by atoms with van der Waals surface area (Å²) < 4.78 is 5.57. The van der Waals surface area contributed by atoms with Gasteiger partial charge in [-0.25, -0.2) is 0 Å². The molecule has 0 radical (unpaired) electrons. The zero-order valence-electron chi connectivity index (χ0n) is 11.6. The van der Waals surface area contributed by atoms with Crippen LogP contribution in [0.1, 0.15) is 36.1 Å². The molecular weight excluding hydrogens is 234 g/mol. The fourth-order valence-corrected chi connectivity index (χ4v) is 1.96. The van der Waals surface area contributed by atoms with Crippen molar-refractivity contribution in [2.45, 2.75) is 26.3 Å². The van der Waals surface area contributed by atoms with Crippen LogP contribution < -0.4 is 10.5 Å². The van der Waals surface area contributed by atoms with Gasteiger partial charge in [-0.15, -0.1) is 0 Å². The second-order valence-electron chi connectivity index (χ2n) is 4.81. The molecule has 1 atom stereocenters. The van der Waals surface area contributed by atoms with E-state index < -0.39 is 0 Å². The molecule has 0 bridgehead atoms. The lowest BCUT2D eigenvalue weighted by Crippen LogP contribution is -2.11. The number of aryl methyl sites for hydroxylation is 1. The van der Waals surface area contributed by atoms with Gasteiger partial charge in [0.15, 0.2) is 0 Å². The topological polar surface area (TPSA) is 35.2 Å². The Hall–Kier alpha value is -1.80. The quantitative estimate of drug-likeness (QED) is 0.881. The van der Waals surface area contributed by atoms with Crippen LogP contribution in [0.3, 0.4) is 0 Å². The summed E-state index contributed by atoms with van der Waals surface area (Å²) in [6.45, 7) is 4.93. The van der Waals surface area contributed by atoms with E-state index in [2.05, 4.69) is 38.1 Å². The van der Waals surface area contributed by atoms with E-state index in [1.54, 1.807) is 0 Å². The molecule has 0 saturated carbocycles. The largest absolute Gasteiger partial charge is 0.494 e. The molecule has 1 unspecified atom stereocenters. The smallest absolute Gasteiger partial charge is 0.119 e. The van der Waals surface area contributed by atoms with Crippen molar-refractivity contribution < 1.29 is 4.74 Å². The molecule has 0 heterocycles. The van der Waals surface area contributed by atoms with Crippen molar-refractivity contribution in [3.05, 3.63) is 65.2 Å². The van der Waals surface area contributed by atoms with E-state index in [-0.39, 0.29) is 6.04 Å². The standard InChI is InChI=1S/C17H21NO/c1-3-12-19-16-10-8-15(9-11-16)17(18)14-6-4-13(2)5-7-14/h4-11,17H,3,12,18H2,1-2H3. The lowest BCUT2D eigenvalue weighted by molar-refractivity contribution is 0.317. The maximum Gasteiger partial charge on any atom is 0.119 e. The van der Waals surface area contributed by atoms with Crippen LogP contribution in [0.4, 0.5) is 0 Å². The predicted octanol–water partition coefficient (Wildman–Crippen LogP) is 3.83. The molecule has 0 fully saturated rings. The Morgan fingerprint density at radius 3 is 2.00 bits per heavy atom. The summed E-state index contributed by atoms with van der Waals surface area (Å²) in [5.41, 5.74) is 9.76. The van der Waals surface area contributed by atoms with E-state index in [1.807, 2.05) is 24.3 Å². The van der Waals surface area contributed by atoms with Crippen LogP contribution in [0.5, 0.6) is 5.75 Å². The maximum atomic E-state index is 6.28. The van der Waals surface area contributed by atoms with Crippen molar-refractivity contribution in [3.8, 4) is 5.75 Å². The molecule has 2 rings (SSSR count). The summed E-state index contributed by atoms with van der Waals surface area (Å²) in [6.07, 6.45) is 1.02. The first-order valence-electron chi connectivity index (χ1n) is 6.75. The van der Waals surface area contributed by atoms with Crippen molar-refractivity contribution >= 4 is 0 Å². The molecule has 2 nitrogen and oxygen atoms in total. The van der Waals surface area contributed by atoms with E-state index in [1.165, 1.54) is 5.56 Å². The Bertz CT molecular complexity index is 502. The van der Waals surface area contributed by atoms with Crippen LogP contribution in [0, 0.1) is 6.92 Å². The Labute approximate surface area is 115 Å². The van der Waals surface area contributed by atoms with Crippen LogP contribution in [-0.4, -0.2) is 6.61 Å². The van der Waals surface area contributed by atoms with Gasteiger partial charge in [-0.1, -0.05) is 48.9 Å². The maximum absolute atomic E-state index is 6.28. The van der Waals surface area contributed by atoms with Crippen LogP contribution >= 0.6 is 0 Å². The van der Waals surface area contributed by atoms with E-state index >= 15 is 0 Å². The number of hydrogen-bond acceptors (Lipinski definition) is 2. The number of rotatable bonds is 5. The highest BCUT2D eigenvalue weighted by Crippen LogP contribution is 2.22. The van der Waals surface area contributed by atoms with Crippen molar-refractivity contribution in [2.24, 2.45) is 5.73 Å². The van der Waals surface area contributed by atoms with Gasteiger partial charge in [-0.3, -0.25) is 0 Å². The molecule has 19 heavy (non-hydrogen) atoms. The Kier molecular flexibility index (Phi) is 4.58. The first-order chi connectivity index (χ1) is 9.20.